The normalized spacial score (nSPS) is 10.9. The maximum Gasteiger partial charge on any atom is 0.242 e. The third-order valence-electron chi connectivity index (χ3n) is 5.81. The van der Waals surface area contributed by atoms with Crippen LogP contribution in [0.5, 0.6) is 0 Å². The van der Waals surface area contributed by atoms with Gasteiger partial charge in [-0.05, 0) is 42.8 Å². The number of nitrogens with zero attached hydrogens (tertiary/aromatic N) is 3. The van der Waals surface area contributed by atoms with Crippen LogP contribution in [0.2, 0.25) is 0 Å². The monoisotopic (exact) mass is 479 g/mol. The van der Waals surface area contributed by atoms with Crippen molar-refractivity contribution in [2.24, 2.45) is 0 Å². The zero-order valence-electron chi connectivity index (χ0n) is 19.8. The zero-order chi connectivity index (χ0) is 24.9. The van der Waals surface area contributed by atoms with Gasteiger partial charge in [0.05, 0.1) is 24.7 Å². The second-order valence-corrected chi connectivity index (χ2v) is 8.45. The topological polar surface area (TPSA) is 102 Å². The number of nitrogens with one attached hydrogen (secondary N) is 2. The number of hydrogen-bond donors (Lipinski definition) is 2. The summed E-state index contributed by atoms with van der Waals surface area (Å²) >= 11 is 0. The summed E-state index contributed by atoms with van der Waals surface area (Å²) < 4.78 is 7.50. The number of oxazole rings is 1. The lowest BCUT2D eigenvalue weighted by molar-refractivity contribution is -0.122. The van der Waals surface area contributed by atoms with Gasteiger partial charge in [-0.3, -0.25) is 14.3 Å². The smallest absolute Gasteiger partial charge is 0.242 e. The van der Waals surface area contributed by atoms with E-state index >= 15 is 0 Å². The molecule has 0 atom stereocenters. The van der Waals surface area contributed by atoms with Crippen LogP contribution in [0.15, 0.2) is 89.5 Å². The van der Waals surface area contributed by atoms with Gasteiger partial charge in [0.1, 0.15) is 18.0 Å². The number of amides is 2. The Labute approximate surface area is 208 Å². The van der Waals surface area contributed by atoms with Crippen LogP contribution in [-0.4, -0.2) is 26.6 Å². The number of rotatable bonds is 8. The molecule has 3 aromatic carbocycles. The van der Waals surface area contributed by atoms with Crippen LogP contribution in [0.4, 0.5) is 5.69 Å². The number of anilines is 1. The van der Waals surface area contributed by atoms with Crippen LogP contribution >= 0.6 is 0 Å². The number of aryl methyl sites for hydroxylation is 1. The van der Waals surface area contributed by atoms with Gasteiger partial charge in [-0.1, -0.05) is 48.5 Å². The summed E-state index contributed by atoms with van der Waals surface area (Å²) in [5, 5.41) is 11.1. The Morgan fingerprint density at radius 2 is 1.67 bits per heavy atom. The first-order valence-corrected chi connectivity index (χ1v) is 11.6. The fourth-order valence-corrected chi connectivity index (χ4v) is 3.92. The molecule has 2 N–H and O–H groups in total. The van der Waals surface area contributed by atoms with E-state index in [1.165, 1.54) is 0 Å². The number of para-hydroxylation sites is 1. The Bertz CT molecular complexity index is 1500. The van der Waals surface area contributed by atoms with Gasteiger partial charge >= 0.3 is 0 Å². The van der Waals surface area contributed by atoms with Crippen molar-refractivity contribution in [3.8, 4) is 11.5 Å². The molecule has 8 nitrogen and oxygen atoms in total. The molecule has 0 fully saturated rings. The molecule has 36 heavy (non-hydrogen) atoms. The van der Waals surface area contributed by atoms with Gasteiger partial charge in [-0.25, -0.2) is 4.98 Å². The van der Waals surface area contributed by atoms with E-state index in [9.17, 15) is 9.59 Å². The highest BCUT2D eigenvalue weighted by molar-refractivity contribution is 5.92. The summed E-state index contributed by atoms with van der Waals surface area (Å²) in [5.41, 5.74) is 4.00. The molecule has 8 heteroatoms. The van der Waals surface area contributed by atoms with Crippen LogP contribution in [0.3, 0.4) is 0 Å². The predicted molar refractivity (Wildman–Crippen MR) is 137 cm³/mol. The lowest BCUT2D eigenvalue weighted by atomic mass is 10.1. The molecule has 0 aliphatic carbocycles. The Hall–Kier alpha value is -4.72. The molecule has 0 saturated carbocycles. The average molecular weight is 480 g/mol. The van der Waals surface area contributed by atoms with E-state index in [-0.39, 0.29) is 24.9 Å². The summed E-state index contributed by atoms with van der Waals surface area (Å²) in [5.74, 6) is 0.845. The van der Waals surface area contributed by atoms with E-state index in [2.05, 4.69) is 20.7 Å². The zero-order valence-corrected chi connectivity index (χ0v) is 19.8. The molecule has 0 bridgehead atoms. The van der Waals surface area contributed by atoms with Gasteiger partial charge in [-0.15, -0.1) is 0 Å². The minimum Gasteiger partial charge on any atom is -0.441 e. The van der Waals surface area contributed by atoms with Crippen molar-refractivity contribution in [2.75, 3.05) is 5.32 Å². The Balaban J connectivity index is 1.17. The quantitative estimate of drug-likeness (QED) is 0.341. The molecule has 0 saturated heterocycles. The third kappa shape index (κ3) is 5.33. The molecule has 0 aliphatic rings. The minimum absolute atomic E-state index is 0.0814. The largest absolute Gasteiger partial charge is 0.441 e. The van der Waals surface area contributed by atoms with E-state index in [4.69, 9.17) is 4.42 Å². The maximum absolute atomic E-state index is 12.5. The predicted octanol–water partition coefficient (Wildman–Crippen LogP) is 4.50. The Morgan fingerprint density at radius 1 is 0.917 bits per heavy atom. The first kappa shape index (κ1) is 23.0. The molecule has 0 unspecified atom stereocenters. The van der Waals surface area contributed by atoms with Crippen LogP contribution in [0.25, 0.3) is 22.4 Å². The molecule has 5 rings (SSSR count). The number of fused-ring (bicyclic) bond motifs is 1. The van der Waals surface area contributed by atoms with Crippen LogP contribution in [0.1, 0.15) is 17.0 Å². The number of aromatic nitrogens is 3. The second-order valence-electron chi connectivity index (χ2n) is 8.45. The van der Waals surface area contributed by atoms with Crippen LogP contribution in [-0.2, 0) is 29.1 Å². The lowest BCUT2D eigenvalue weighted by Crippen LogP contribution is -2.27. The van der Waals surface area contributed by atoms with Crippen molar-refractivity contribution in [2.45, 2.75) is 26.4 Å². The summed E-state index contributed by atoms with van der Waals surface area (Å²) in [6, 6.07) is 24.7. The molecule has 2 amide bonds. The van der Waals surface area contributed by atoms with Crippen molar-refractivity contribution < 1.29 is 14.0 Å². The Kier molecular flexibility index (Phi) is 6.57. The molecular weight excluding hydrogens is 454 g/mol. The Morgan fingerprint density at radius 3 is 2.47 bits per heavy atom. The minimum atomic E-state index is -0.164. The van der Waals surface area contributed by atoms with Crippen molar-refractivity contribution in [1.82, 2.24) is 20.1 Å². The van der Waals surface area contributed by atoms with E-state index in [1.54, 1.807) is 10.9 Å². The molecule has 180 valence electrons. The fraction of sp³-hybridized carbons (Fsp3) is 0.143. The van der Waals surface area contributed by atoms with Crippen LogP contribution < -0.4 is 10.6 Å². The van der Waals surface area contributed by atoms with Gasteiger partial charge in [0, 0.05) is 16.6 Å². The molecule has 2 aromatic heterocycles. The lowest BCUT2D eigenvalue weighted by Gasteiger charge is -2.06. The molecule has 0 aliphatic heterocycles. The highest BCUT2D eigenvalue weighted by Gasteiger charge is 2.14. The van der Waals surface area contributed by atoms with Crippen molar-refractivity contribution in [1.29, 1.82) is 0 Å². The number of benzene rings is 3. The van der Waals surface area contributed by atoms with Crippen molar-refractivity contribution in [3.05, 3.63) is 102 Å². The van der Waals surface area contributed by atoms with Gasteiger partial charge < -0.3 is 15.1 Å². The molecule has 5 aromatic rings. The van der Waals surface area contributed by atoms with Crippen molar-refractivity contribution in [3.63, 3.8) is 0 Å². The first-order valence-electron chi connectivity index (χ1n) is 11.6. The van der Waals surface area contributed by atoms with Gasteiger partial charge in [-0.2, -0.15) is 5.10 Å². The van der Waals surface area contributed by atoms with E-state index < -0.39 is 0 Å². The third-order valence-corrected chi connectivity index (χ3v) is 5.81. The molecule has 0 radical (unpaired) electrons. The highest BCUT2D eigenvalue weighted by atomic mass is 16.4. The average Bonchev–Trinajstić information content (AvgIpc) is 3.47. The van der Waals surface area contributed by atoms with Crippen LogP contribution in [0, 0.1) is 6.92 Å². The summed E-state index contributed by atoms with van der Waals surface area (Å²) in [7, 11) is 0. The number of carbonyl (C=O) groups is 2. The maximum atomic E-state index is 12.5. The van der Waals surface area contributed by atoms with Crippen molar-refractivity contribution >= 4 is 28.4 Å². The van der Waals surface area contributed by atoms with E-state index in [0.717, 1.165) is 22.0 Å². The van der Waals surface area contributed by atoms with E-state index in [1.807, 2.05) is 85.8 Å². The van der Waals surface area contributed by atoms with Gasteiger partial charge in [0.2, 0.25) is 17.7 Å². The first-order chi connectivity index (χ1) is 17.5. The SMILES string of the molecule is Cc1oc(-c2ccc(NC(=O)Cc3ccccc3)cc2)nc1CNC(=O)Cn1ncc2ccccc21. The molecule has 2 heterocycles. The fourth-order valence-electron chi connectivity index (χ4n) is 3.92. The second kappa shape index (κ2) is 10.3. The summed E-state index contributed by atoms with van der Waals surface area (Å²) in [6.07, 6.45) is 2.06. The standard InChI is InChI=1S/C28H25N5O3/c1-19-24(17-29-27(35)18-33-25-10-6-5-9-22(25)16-30-33)32-28(36-19)21-11-13-23(14-12-21)31-26(34)15-20-7-3-2-4-8-20/h2-14,16H,15,17-18H2,1H3,(H,29,35)(H,31,34). The highest BCUT2D eigenvalue weighted by Crippen LogP contribution is 2.23. The summed E-state index contributed by atoms with van der Waals surface area (Å²) in [4.78, 5) is 29.3. The number of carbonyl (C=O) groups excluding carboxylic acids is 2. The molecular formula is C28H25N5O3. The molecule has 0 spiro atoms. The van der Waals surface area contributed by atoms with E-state index in [0.29, 0.717) is 29.5 Å². The summed E-state index contributed by atoms with van der Waals surface area (Å²) in [6.45, 7) is 2.19. The van der Waals surface area contributed by atoms with Gasteiger partial charge in [0.15, 0.2) is 0 Å². The number of hydrogen-bond acceptors (Lipinski definition) is 5. The van der Waals surface area contributed by atoms with Gasteiger partial charge in [0.25, 0.3) is 0 Å².